The number of carbonyl (C=O) groups is 2. The molecule has 23 heavy (non-hydrogen) atoms. The van der Waals surface area contributed by atoms with Crippen molar-refractivity contribution in [3.8, 4) is 0 Å². The SMILES string of the molecule is CS(=O)(=O)CC(=O)N1CC[C@]2(C[C@@H](N3CCCC3=O)CCO2)C1. The molecule has 0 aromatic rings. The van der Waals surface area contributed by atoms with Crippen LogP contribution in [-0.2, 0) is 24.2 Å². The van der Waals surface area contributed by atoms with Gasteiger partial charge in [-0.15, -0.1) is 0 Å². The van der Waals surface area contributed by atoms with Crippen LogP contribution in [0, 0.1) is 0 Å². The number of rotatable bonds is 3. The Morgan fingerprint density at radius 3 is 2.83 bits per heavy atom. The predicted octanol–water partition coefficient (Wildman–Crippen LogP) is -0.196. The molecule has 3 aliphatic heterocycles. The lowest BCUT2D eigenvalue weighted by molar-refractivity contribution is -0.140. The van der Waals surface area contributed by atoms with Crippen LogP contribution in [-0.4, -0.2) is 79.9 Å². The Labute approximate surface area is 136 Å². The molecule has 0 saturated carbocycles. The Kier molecular flexibility index (Phi) is 4.39. The number of hydrogen-bond donors (Lipinski definition) is 0. The second kappa shape index (κ2) is 6.05. The first-order valence-electron chi connectivity index (χ1n) is 8.17. The highest BCUT2D eigenvalue weighted by atomic mass is 32.2. The average Bonchev–Trinajstić information content (AvgIpc) is 3.04. The largest absolute Gasteiger partial charge is 0.373 e. The molecule has 0 aliphatic carbocycles. The maximum atomic E-state index is 12.1. The maximum absolute atomic E-state index is 12.1. The molecule has 0 N–H and O–H groups in total. The van der Waals surface area contributed by atoms with E-state index in [1.165, 1.54) is 0 Å². The minimum absolute atomic E-state index is 0.184. The van der Waals surface area contributed by atoms with E-state index in [2.05, 4.69) is 0 Å². The minimum atomic E-state index is -3.32. The van der Waals surface area contributed by atoms with Gasteiger partial charge in [-0.1, -0.05) is 0 Å². The van der Waals surface area contributed by atoms with Crippen molar-refractivity contribution in [2.24, 2.45) is 0 Å². The van der Waals surface area contributed by atoms with Crippen LogP contribution in [0.1, 0.15) is 32.1 Å². The lowest BCUT2D eigenvalue weighted by Crippen LogP contribution is -2.51. The summed E-state index contributed by atoms with van der Waals surface area (Å²) in [4.78, 5) is 27.6. The zero-order chi connectivity index (χ0) is 16.7. The van der Waals surface area contributed by atoms with Crippen LogP contribution in [0.5, 0.6) is 0 Å². The normalized spacial score (nSPS) is 32.0. The van der Waals surface area contributed by atoms with Gasteiger partial charge in [0.25, 0.3) is 0 Å². The molecule has 3 rings (SSSR count). The summed E-state index contributed by atoms with van der Waals surface area (Å²) in [5.41, 5.74) is -0.418. The topological polar surface area (TPSA) is 84.0 Å². The lowest BCUT2D eigenvalue weighted by atomic mass is 9.89. The van der Waals surface area contributed by atoms with E-state index >= 15 is 0 Å². The van der Waals surface area contributed by atoms with Crippen molar-refractivity contribution in [2.75, 3.05) is 38.2 Å². The third kappa shape index (κ3) is 3.68. The fourth-order valence-corrected chi connectivity index (χ4v) is 4.61. The first-order chi connectivity index (χ1) is 10.8. The molecular formula is C15H24N2O5S. The summed E-state index contributed by atoms with van der Waals surface area (Å²) in [6, 6.07) is 0.184. The van der Waals surface area contributed by atoms with E-state index in [0.717, 1.165) is 32.1 Å². The summed E-state index contributed by atoms with van der Waals surface area (Å²) in [6.45, 7) is 2.35. The van der Waals surface area contributed by atoms with Crippen molar-refractivity contribution in [2.45, 2.75) is 43.7 Å². The Hall–Kier alpha value is -1.15. The smallest absolute Gasteiger partial charge is 0.237 e. The van der Waals surface area contributed by atoms with Gasteiger partial charge in [-0.3, -0.25) is 9.59 Å². The zero-order valence-corrected chi connectivity index (χ0v) is 14.3. The highest BCUT2D eigenvalue weighted by Gasteiger charge is 2.46. The second-order valence-electron chi connectivity index (χ2n) is 7.00. The Morgan fingerprint density at radius 2 is 2.17 bits per heavy atom. The molecule has 0 bridgehead atoms. The first kappa shape index (κ1) is 16.7. The van der Waals surface area contributed by atoms with Gasteiger partial charge in [-0.25, -0.2) is 8.42 Å². The van der Waals surface area contributed by atoms with Crippen LogP contribution in [0.3, 0.4) is 0 Å². The molecule has 3 heterocycles. The standard InChI is InChI=1S/C15H24N2O5S/c1-23(20,21)10-14(19)16-7-5-15(11-16)9-12(4-8-22-15)17-6-2-3-13(17)18/h12H,2-11H2,1H3/t12-,15-/m0/s1. The number of likely N-dealkylation sites (tertiary alicyclic amines) is 2. The molecule has 130 valence electrons. The molecule has 3 saturated heterocycles. The summed E-state index contributed by atoms with van der Waals surface area (Å²) >= 11 is 0. The molecular weight excluding hydrogens is 320 g/mol. The zero-order valence-electron chi connectivity index (χ0n) is 13.5. The first-order valence-corrected chi connectivity index (χ1v) is 10.2. The molecule has 0 unspecified atom stereocenters. The van der Waals surface area contributed by atoms with Crippen LogP contribution in [0.2, 0.25) is 0 Å². The van der Waals surface area contributed by atoms with Crippen molar-refractivity contribution in [3.05, 3.63) is 0 Å². The van der Waals surface area contributed by atoms with Crippen molar-refractivity contribution < 1.29 is 22.7 Å². The summed E-state index contributed by atoms with van der Waals surface area (Å²) < 4.78 is 28.6. The third-order valence-corrected chi connectivity index (χ3v) is 5.84. The van der Waals surface area contributed by atoms with Gasteiger partial charge in [0, 0.05) is 45.0 Å². The van der Waals surface area contributed by atoms with Gasteiger partial charge in [-0.2, -0.15) is 0 Å². The maximum Gasteiger partial charge on any atom is 0.237 e. The molecule has 8 heteroatoms. The van der Waals surface area contributed by atoms with E-state index in [-0.39, 0.29) is 17.9 Å². The number of nitrogens with zero attached hydrogens (tertiary/aromatic N) is 2. The highest BCUT2D eigenvalue weighted by Crippen LogP contribution is 2.37. The molecule has 2 amide bonds. The number of sulfone groups is 1. The third-order valence-electron chi connectivity index (χ3n) is 5.07. The van der Waals surface area contributed by atoms with E-state index < -0.39 is 21.2 Å². The molecule has 0 aromatic heterocycles. The molecule has 0 radical (unpaired) electrons. The number of ether oxygens (including phenoxy) is 1. The van der Waals surface area contributed by atoms with Gasteiger partial charge in [-0.05, 0) is 25.7 Å². The highest BCUT2D eigenvalue weighted by molar-refractivity contribution is 7.91. The minimum Gasteiger partial charge on any atom is -0.373 e. The second-order valence-corrected chi connectivity index (χ2v) is 9.14. The van der Waals surface area contributed by atoms with Gasteiger partial charge in [0.05, 0.1) is 5.60 Å². The van der Waals surface area contributed by atoms with Gasteiger partial charge in [0.1, 0.15) is 5.75 Å². The Bertz CT molecular complexity index is 605. The molecule has 3 fully saturated rings. The van der Waals surface area contributed by atoms with Gasteiger partial charge in [0.15, 0.2) is 9.84 Å². The van der Waals surface area contributed by atoms with Crippen LogP contribution >= 0.6 is 0 Å². The van der Waals surface area contributed by atoms with Crippen molar-refractivity contribution in [1.29, 1.82) is 0 Å². The van der Waals surface area contributed by atoms with Gasteiger partial charge < -0.3 is 14.5 Å². The van der Waals surface area contributed by atoms with Crippen LogP contribution in [0.15, 0.2) is 0 Å². The Morgan fingerprint density at radius 1 is 1.39 bits per heavy atom. The van der Waals surface area contributed by atoms with Crippen molar-refractivity contribution in [1.82, 2.24) is 9.80 Å². The van der Waals surface area contributed by atoms with Gasteiger partial charge >= 0.3 is 0 Å². The predicted molar refractivity (Wildman–Crippen MR) is 83.6 cm³/mol. The number of carbonyl (C=O) groups excluding carboxylic acids is 2. The number of amides is 2. The van der Waals surface area contributed by atoms with E-state index in [4.69, 9.17) is 4.74 Å². The summed E-state index contributed by atoms with van der Waals surface area (Å²) in [6.07, 6.45) is 4.90. The van der Waals surface area contributed by atoms with Crippen LogP contribution in [0.25, 0.3) is 0 Å². The fraction of sp³-hybridized carbons (Fsp3) is 0.867. The quantitative estimate of drug-likeness (QED) is 0.708. The van der Waals surface area contributed by atoms with E-state index in [9.17, 15) is 18.0 Å². The number of hydrogen-bond acceptors (Lipinski definition) is 5. The summed E-state index contributed by atoms with van der Waals surface area (Å²) in [5.74, 6) is -0.584. The molecule has 7 nitrogen and oxygen atoms in total. The van der Waals surface area contributed by atoms with Crippen LogP contribution in [0.4, 0.5) is 0 Å². The lowest BCUT2D eigenvalue weighted by Gasteiger charge is -2.41. The molecule has 1 spiro atoms. The van der Waals surface area contributed by atoms with Gasteiger partial charge in [0.2, 0.25) is 11.8 Å². The summed E-state index contributed by atoms with van der Waals surface area (Å²) in [7, 11) is -3.32. The average molecular weight is 344 g/mol. The van der Waals surface area contributed by atoms with Crippen molar-refractivity contribution >= 4 is 21.7 Å². The fourth-order valence-electron chi connectivity index (χ4n) is 3.98. The molecule has 3 aliphatic rings. The van der Waals surface area contributed by atoms with E-state index in [0.29, 0.717) is 32.5 Å². The Balaban J connectivity index is 1.64. The molecule has 0 aromatic carbocycles. The van der Waals surface area contributed by atoms with E-state index in [1.54, 1.807) is 4.90 Å². The van der Waals surface area contributed by atoms with Crippen molar-refractivity contribution in [3.63, 3.8) is 0 Å². The van der Waals surface area contributed by atoms with E-state index in [1.807, 2.05) is 4.90 Å². The van der Waals surface area contributed by atoms with Crippen LogP contribution < -0.4 is 0 Å². The monoisotopic (exact) mass is 344 g/mol. The summed E-state index contributed by atoms with van der Waals surface area (Å²) in [5, 5.41) is 0. The molecule has 2 atom stereocenters.